The summed E-state index contributed by atoms with van der Waals surface area (Å²) in [7, 11) is 1.71. The van der Waals surface area contributed by atoms with Crippen LogP contribution in [0.1, 0.15) is 43.7 Å². The third-order valence-electron chi connectivity index (χ3n) is 4.27. The maximum absolute atomic E-state index is 13.0. The van der Waals surface area contributed by atoms with Crippen LogP contribution in [-0.4, -0.2) is 33.7 Å². The van der Waals surface area contributed by atoms with Crippen LogP contribution < -0.4 is 5.73 Å². The second-order valence-corrected chi connectivity index (χ2v) is 6.15. The Morgan fingerprint density at radius 1 is 1.15 bits per heavy atom. The van der Waals surface area contributed by atoms with Crippen molar-refractivity contribution in [3.63, 3.8) is 0 Å². The van der Waals surface area contributed by atoms with Crippen molar-refractivity contribution < 1.29 is 9.59 Å². The Kier molecular flexibility index (Phi) is 4.84. The highest BCUT2D eigenvalue weighted by atomic mass is 16.2. The average molecular weight is 348 g/mol. The van der Waals surface area contributed by atoms with Gasteiger partial charge in [0.05, 0.1) is 17.3 Å². The summed E-state index contributed by atoms with van der Waals surface area (Å²) in [4.78, 5) is 33.1. The second-order valence-electron chi connectivity index (χ2n) is 6.15. The third-order valence-corrected chi connectivity index (χ3v) is 4.27. The summed E-state index contributed by atoms with van der Waals surface area (Å²) < 4.78 is 0. The number of benzene rings is 1. The summed E-state index contributed by atoms with van der Waals surface area (Å²) in [5.74, 6) is -0.837. The molecule has 0 saturated heterocycles. The lowest BCUT2D eigenvalue weighted by atomic mass is 10.00. The van der Waals surface area contributed by atoms with Crippen molar-refractivity contribution in [1.82, 2.24) is 14.9 Å². The van der Waals surface area contributed by atoms with E-state index in [4.69, 9.17) is 5.73 Å². The van der Waals surface area contributed by atoms with Crippen molar-refractivity contribution in [3.05, 3.63) is 89.0 Å². The molecule has 0 aliphatic rings. The molecular formula is C20H20N4O2. The van der Waals surface area contributed by atoms with Crippen LogP contribution in [0.15, 0.2) is 60.9 Å². The highest BCUT2D eigenvalue weighted by Gasteiger charge is 2.26. The molecule has 0 aliphatic carbocycles. The van der Waals surface area contributed by atoms with E-state index in [9.17, 15) is 9.59 Å². The van der Waals surface area contributed by atoms with Crippen LogP contribution >= 0.6 is 0 Å². The van der Waals surface area contributed by atoms with Crippen molar-refractivity contribution >= 4 is 11.8 Å². The summed E-state index contributed by atoms with van der Waals surface area (Å²) in [6, 6.07) is 14.7. The molecule has 3 rings (SSSR count). The van der Waals surface area contributed by atoms with Crippen molar-refractivity contribution in [2.24, 2.45) is 5.73 Å². The molecule has 26 heavy (non-hydrogen) atoms. The lowest BCUT2D eigenvalue weighted by Crippen LogP contribution is -2.32. The topological polar surface area (TPSA) is 92.1 Å². The van der Waals surface area contributed by atoms with Crippen molar-refractivity contribution in [3.8, 4) is 0 Å². The number of carbonyl (C=O) groups is 2. The summed E-state index contributed by atoms with van der Waals surface area (Å²) in [5, 5.41) is 0. The quantitative estimate of drug-likeness (QED) is 0.742. The molecule has 1 aromatic carbocycles. The molecule has 0 bridgehead atoms. The molecular weight excluding hydrogens is 328 g/mol. The van der Waals surface area contributed by atoms with E-state index in [2.05, 4.69) is 9.97 Å². The summed E-state index contributed by atoms with van der Waals surface area (Å²) >= 11 is 0. The molecule has 6 nitrogen and oxygen atoms in total. The number of nitrogens with two attached hydrogens (primary N) is 1. The fourth-order valence-corrected chi connectivity index (χ4v) is 2.85. The van der Waals surface area contributed by atoms with Gasteiger partial charge < -0.3 is 15.6 Å². The molecule has 3 N–H and O–H groups in total. The van der Waals surface area contributed by atoms with E-state index in [1.54, 1.807) is 18.1 Å². The van der Waals surface area contributed by atoms with Crippen LogP contribution in [0.25, 0.3) is 0 Å². The van der Waals surface area contributed by atoms with E-state index < -0.39 is 5.91 Å². The number of pyridine rings is 1. The number of H-pyrrole nitrogens is 1. The Balaban J connectivity index is 1.98. The number of rotatable bonds is 5. The average Bonchev–Trinajstić information content (AvgIpc) is 3.14. The monoisotopic (exact) mass is 348 g/mol. The van der Waals surface area contributed by atoms with Gasteiger partial charge in [-0.2, -0.15) is 0 Å². The first-order valence-electron chi connectivity index (χ1n) is 8.20. The molecule has 0 unspecified atom stereocenters. The molecule has 2 amide bonds. The van der Waals surface area contributed by atoms with Gasteiger partial charge in [0.2, 0.25) is 5.91 Å². The van der Waals surface area contributed by atoms with E-state index >= 15 is 0 Å². The van der Waals surface area contributed by atoms with Gasteiger partial charge in [-0.25, -0.2) is 0 Å². The molecule has 2 aromatic heterocycles. The number of nitrogens with one attached hydrogen (secondary N) is 1. The van der Waals surface area contributed by atoms with Crippen molar-refractivity contribution in [2.75, 3.05) is 7.05 Å². The van der Waals surface area contributed by atoms with Gasteiger partial charge in [0, 0.05) is 19.4 Å². The first kappa shape index (κ1) is 17.4. The number of hydrogen-bond acceptors (Lipinski definition) is 3. The molecule has 0 fully saturated rings. The number of aromatic amines is 1. The predicted molar refractivity (Wildman–Crippen MR) is 98.7 cm³/mol. The van der Waals surface area contributed by atoms with Gasteiger partial charge in [-0.15, -0.1) is 0 Å². The third kappa shape index (κ3) is 3.49. The highest BCUT2D eigenvalue weighted by Crippen LogP contribution is 2.27. The number of carbonyl (C=O) groups excluding carboxylic acids is 2. The van der Waals surface area contributed by atoms with Gasteiger partial charge >= 0.3 is 0 Å². The Hall–Kier alpha value is -3.41. The van der Waals surface area contributed by atoms with Gasteiger partial charge in [-0.1, -0.05) is 35.9 Å². The van der Waals surface area contributed by atoms with Gasteiger partial charge in [0.15, 0.2) is 0 Å². The summed E-state index contributed by atoms with van der Waals surface area (Å²) in [5.41, 5.74) is 8.68. The molecule has 0 aliphatic heterocycles. The number of amides is 2. The zero-order valence-corrected chi connectivity index (χ0v) is 14.6. The molecule has 132 valence electrons. The lowest BCUT2D eigenvalue weighted by Gasteiger charge is -2.28. The molecule has 0 radical (unpaired) electrons. The molecule has 1 atom stereocenters. The van der Waals surface area contributed by atoms with Crippen LogP contribution in [-0.2, 0) is 0 Å². The van der Waals surface area contributed by atoms with Crippen LogP contribution in [0.5, 0.6) is 0 Å². The zero-order chi connectivity index (χ0) is 18.7. The maximum atomic E-state index is 13.0. The Morgan fingerprint density at radius 3 is 2.46 bits per heavy atom. The molecule has 2 heterocycles. The van der Waals surface area contributed by atoms with Crippen LogP contribution in [0.4, 0.5) is 0 Å². The highest BCUT2D eigenvalue weighted by molar-refractivity contribution is 5.98. The minimum Gasteiger partial charge on any atom is -0.366 e. The molecule has 0 saturated carbocycles. The van der Waals surface area contributed by atoms with E-state index in [1.807, 2.05) is 49.4 Å². The van der Waals surface area contributed by atoms with Gasteiger partial charge in [0.1, 0.15) is 5.69 Å². The van der Waals surface area contributed by atoms with Gasteiger partial charge in [-0.3, -0.25) is 14.6 Å². The Labute approximate surface area is 151 Å². The fraction of sp³-hybridized carbons (Fsp3) is 0.150. The maximum Gasteiger partial charge on any atom is 0.270 e. The normalized spacial score (nSPS) is 11.8. The zero-order valence-electron chi connectivity index (χ0n) is 14.6. The molecule has 6 heteroatoms. The smallest absolute Gasteiger partial charge is 0.270 e. The van der Waals surface area contributed by atoms with Crippen LogP contribution in [0.2, 0.25) is 0 Å². The predicted octanol–water partition coefficient (Wildman–Crippen LogP) is 2.68. The molecule has 3 aromatic rings. The largest absolute Gasteiger partial charge is 0.366 e. The van der Waals surface area contributed by atoms with Crippen LogP contribution in [0.3, 0.4) is 0 Å². The first-order chi connectivity index (χ1) is 12.5. The number of aryl methyl sites for hydroxylation is 1. The van der Waals surface area contributed by atoms with E-state index in [0.717, 1.165) is 16.8 Å². The van der Waals surface area contributed by atoms with Crippen LogP contribution in [0, 0.1) is 6.92 Å². The first-order valence-corrected chi connectivity index (χ1v) is 8.20. The Bertz CT molecular complexity index is 916. The Morgan fingerprint density at radius 2 is 1.88 bits per heavy atom. The number of primary amides is 1. The standard InChI is InChI=1S/C20H20N4O2/c1-13-6-8-14(9-7-13)18(16-5-3-4-10-22-16)24(2)20(26)17-11-15(12-23-17)19(21)25/h3-12,18,23H,1-2H3,(H2,21,25)/t18-/m0/s1. The second kappa shape index (κ2) is 7.23. The van der Waals surface area contributed by atoms with Gasteiger partial charge in [-0.05, 0) is 30.7 Å². The summed E-state index contributed by atoms with van der Waals surface area (Å²) in [6.45, 7) is 2.01. The minimum atomic E-state index is -0.581. The number of aromatic nitrogens is 2. The molecule has 0 spiro atoms. The fourth-order valence-electron chi connectivity index (χ4n) is 2.85. The number of nitrogens with zero attached hydrogens (tertiary/aromatic N) is 2. The summed E-state index contributed by atoms with van der Waals surface area (Å²) in [6.07, 6.45) is 3.14. The lowest BCUT2D eigenvalue weighted by molar-refractivity contribution is 0.0747. The minimum absolute atomic E-state index is 0.256. The number of hydrogen-bond donors (Lipinski definition) is 2. The SMILES string of the molecule is Cc1ccc([C@@H](c2ccccn2)N(C)C(=O)c2cc(C(N)=O)c[nH]2)cc1. The van der Waals surface area contributed by atoms with E-state index in [1.165, 1.54) is 12.3 Å². The van der Waals surface area contributed by atoms with E-state index in [0.29, 0.717) is 5.69 Å². The van der Waals surface area contributed by atoms with Crippen molar-refractivity contribution in [2.45, 2.75) is 13.0 Å². The van der Waals surface area contributed by atoms with E-state index in [-0.39, 0.29) is 17.5 Å². The van der Waals surface area contributed by atoms with Crippen molar-refractivity contribution in [1.29, 1.82) is 0 Å². The van der Waals surface area contributed by atoms with Gasteiger partial charge in [0.25, 0.3) is 5.91 Å².